The maximum Gasteiger partial charge on any atom is 0.0539 e. The first kappa shape index (κ1) is 9.68. The lowest BCUT2D eigenvalue weighted by atomic mass is 10.1. The molecule has 78 valence electrons. The summed E-state index contributed by atoms with van der Waals surface area (Å²) >= 11 is 0. The lowest BCUT2D eigenvalue weighted by molar-refractivity contribution is 0.368. The Kier molecular flexibility index (Phi) is 2.84. The Morgan fingerprint density at radius 2 is 2.43 bits per heavy atom. The van der Waals surface area contributed by atoms with Crippen molar-refractivity contribution in [2.24, 2.45) is 0 Å². The molecule has 0 fully saturated rings. The minimum atomic E-state index is 0.983. The molecule has 0 saturated carbocycles. The first-order valence-electron chi connectivity index (χ1n) is 5.16. The summed E-state index contributed by atoms with van der Waals surface area (Å²) < 4.78 is 2.15. The van der Waals surface area contributed by atoms with E-state index in [1.807, 2.05) is 6.20 Å². The molecular formula is C10H18N4. The molecule has 0 aliphatic carbocycles. The zero-order valence-electron chi connectivity index (χ0n) is 8.95. The molecule has 0 amide bonds. The SMILES string of the molecule is CN(C)CCn1ncc2c1CCNC2. The Balaban J connectivity index is 2.06. The van der Waals surface area contributed by atoms with Crippen molar-refractivity contribution >= 4 is 0 Å². The highest BCUT2D eigenvalue weighted by molar-refractivity contribution is 5.20. The van der Waals surface area contributed by atoms with E-state index in [1.165, 1.54) is 11.3 Å². The van der Waals surface area contributed by atoms with Crippen LogP contribution in [-0.4, -0.2) is 41.9 Å². The Bertz CT molecular complexity index is 303. The van der Waals surface area contributed by atoms with Gasteiger partial charge in [-0.05, 0) is 14.1 Å². The topological polar surface area (TPSA) is 33.1 Å². The fraction of sp³-hybridized carbons (Fsp3) is 0.700. The molecule has 1 aromatic heterocycles. The van der Waals surface area contributed by atoms with Gasteiger partial charge in [-0.15, -0.1) is 0 Å². The normalized spacial score (nSPS) is 15.9. The Labute approximate surface area is 84.9 Å². The number of fused-ring (bicyclic) bond motifs is 1. The van der Waals surface area contributed by atoms with Crippen LogP contribution in [0.2, 0.25) is 0 Å². The molecule has 0 unspecified atom stereocenters. The third-order valence-corrected chi connectivity index (χ3v) is 2.65. The minimum Gasteiger partial charge on any atom is -0.312 e. The van der Waals surface area contributed by atoms with Crippen molar-refractivity contribution in [2.45, 2.75) is 19.5 Å². The molecule has 0 spiro atoms. The van der Waals surface area contributed by atoms with Gasteiger partial charge in [0.2, 0.25) is 0 Å². The number of rotatable bonds is 3. The molecule has 4 nitrogen and oxygen atoms in total. The van der Waals surface area contributed by atoms with E-state index in [9.17, 15) is 0 Å². The van der Waals surface area contributed by atoms with E-state index in [0.717, 1.165) is 32.6 Å². The van der Waals surface area contributed by atoms with E-state index in [4.69, 9.17) is 0 Å². The van der Waals surface area contributed by atoms with Crippen molar-refractivity contribution < 1.29 is 0 Å². The molecule has 1 aliphatic heterocycles. The van der Waals surface area contributed by atoms with Crippen LogP contribution < -0.4 is 5.32 Å². The summed E-state index contributed by atoms with van der Waals surface area (Å²) in [6.45, 7) is 4.13. The van der Waals surface area contributed by atoms with Crippen LogP contribution in [0.15, 0.2) is 6.20 Å². The second kappa shape index (κ2) is 4.11. The molecule has 2 heterocycles. The summed E-state index contributed by atoms with van der Waals surface area (Å²) in [5.74, 6) is 0. The van der Waals surface area contributed by atoms with Gasteiger partial charge in [-0.25, -0.2) is 0 Å². The smallest absolute Gasteiger partial charge is 0.0539 e. The third kappa shape index (κ3) is 1.96. The molecule has 0 bridgehead atoms. The van der Waals surface area contributed by atoms with Gasteiger partial charge in [0.1, 0.15) is 0 Å². The number of likely N-dealkylation sites (N-methyl/N-ethyl adjacent to an activating group) is 1. The summed E-state index contributed by atoms with van der Waals surface area (Å²) in [4.78, 5) is 2.19. The molecule has 14 heavy (non-hydrogen) atoms. The molecule has 1 N–H and O–H groups in total. The average Bonchev–Trinajstić information content (AvgIpc) is 2.58. The molecule has 1 aliphatic rings. The van der Waals surface area contributed by atoms with Crippen LogP contribution in [0.1, 0.15) is 11.3 Å². The van der Waals surface area contributed by atoms with Gasteiger partial charge in [0, 0.05) is 37.3 Å². The van der Waals surface area contributed by atoms with E-state index >= 15 is 0 Å². The van der Waals surface area contributed by atoms with Gasteiger partial charge in [0.25, 0.3) is 0 Å². The number of nitrogens with zero attached hydrogens (tertiary/aromatic N) is 3. The largest absolute Gasteiger partial charge is 0.312 e. The third-order valence-electron chi connectivity index (χ3n) is 2.65. The van der Waals surface area contributed by atoms with Crippen LogP contribution in [0.25, 0.3) is 0 Å². The van der Waals surface area contributed by atoms with Crippen molar-refractivity contribution in [2.75, 3.05) is 27.2 Å². The zero-order valence-corrected chi connectivity index (χ0v) is 8.95. The van der Waals surface area contributed by atoms with Gasteiger partial charge in [-0.1, -0.05) is 0 Å². The predicted octanol–water partition coefficient (Wildman–Crippen LogP) is 0.0904. The summed E-state index contributed by atoms with van der Waals surface area (Å²) in [6.07, 6.45) is 3.11. The van der Waals surface area contributed by atoms with Crippen LogP contribution in [0.3, 0.4) is 0 Å². The molecule has 0 atom stereocenters. The summed E-state index contributed by atoms with van der Waals surface area (Å²) in [6, 6.07) is 0. The molecule has 0 radical (unpaired) electrons. The summed E-state index contributed by atoms with van der Waals surface area (Å²) in [5.41, 5.74) is 2.79. The Hall–Kier alpha value is -0.870. The van der Waals surface area contributed by atoms with Gasteiger partial charge in [-0.3, -0.25) is 4.68 Å². The molecule has 0 saturated heterocycles. The first-order valence-corrected chi connectivity index (χ1v) is 5.16. The van der Waals surface area contributed by atoms with Crippen molar-refractivity contribution in [3.05, 3.63) is 17.5 Å². The standard InChI is InChI=1S/C10H18N4/c1-13(2)5-6-14-10-3-4-11-7-9(10)8-12-14/h8,11H,3-7H2,1-2H3. The summed E-state index contributed by atoms with van der Waals surface area (Å²) in [5, 5.41) is 7.78. The number of hydrogen-bond donors (Lipinski definition) is 1. The second-order valence-electron chi connectivity index (χ2n) is 4.07. The number of aromatic nitrogens is 2. The van der Waals surface area contributed by atoms with Crippen molar-refractivity contribution in [1.29, 1.82) is 0 Å². The van der Waals surface area contributed by atoms with E-state index in [0.29, 0.717) is 0 Å². The van der Waals surface area contributed by atoms with Crippen LogP contribution in [0.4, 0.5) is 0 Å². The minimum absolute atomic E-state index is 0.983. The van der Waals surface area contributed by atoms with Crippen LogP contribution in [-0.2, 0) is 19.5 Å². The van der Waals surface area contributed by atoms with E-state index in [-0.39, 0.29) is 0 Å². The van der Waals surface area contributed by atoms with Gasteiger partial charge in [0.05, 0.1) is 12.7 Å². The summed E-state index contributed by atoms with van der Waals surface area (Å²) in [7, 11) is 4.19. The second-order valence-corrected chi connectivity index (χ2v) is 4.07. The number of hydrogen-bond acceptors (Lipinski definition) is 3. The highest BCUT2D eigenvalue weighted by Gasteiger charge is 2.13. The van der Waals surface area contributed by atoms with E-state index in [2.05, 4.69) is 34.1 Å². The van der Waals surface area contributed by atoms with Gasteiger partial charge >= 0.3 is 0 Å². The molecule has 1 aromatic rings. The average molecular weight is 194 g/mol. The van der Waals surface area contributed by atoms with Crippen molar-refractivity contribution in [1.82, 2.24) is 20.0 Å². The Morgan fingerprint density at radius 1 is 1.57 bits per heavy atom. The monoisotopic (exact) mass is 194 g/mol. The van der Waals surface area contributed by atoms with Gasteiger partial charge in [0.15, 0.2) is 0 Å². The molecular weight excluding hydrogens is 176 g/mol. The first-order chi connectivity index (χ1) is 6.77. The van der Waals surface area contributed by atoms with Crippen LogP contribution >= 0.6 is 0 Å². The van der Waals surface area contributed by atoms with Crippen molar-refractivity contribution in [3.63, 3.8) is 0 Å². The van der Waals surface area contributed by atoms with Crippen molar-refractivity contribution in [3.8, 4) is 0 Å². The van der Waals surface area contributed by atoms with Crippen LogP contribution in [0.5, 0.6) is 0 Å². The lowest BCUT2D eigenvalue weighted by Crippen LogP contribution is -2.26. The molecule has 0 aromatic carbocycles. The number of nitrogens with one attached hydrogen (secondary N) is 1. The molecule has 4 heteroatoms. The molecule has 2 rings (SSSR count). The van der Waals surface area contributed by atoms with Crippen LogP contribution in [0, 0.1) is 0 Å². The maximum atomic E-state index is 4.42. The van der Waals surface area contributed by atoms with Gasteiger partial charge < -0.3 is 10.2 Å². The fourth-order valence-corrected chi connectivity index (χ4v) is 1.80. The lowest BCUT2D eigenvalue weighted by Gasteiger charge is -2.16. The quantitative estimate of drug-likeness (QED) is 0.740. The van der Waals surface area contributed by atoms with E-state index in [1.54, 1.807) is 0 Å². The van der Waals surface area contributed by atoms with Gasteiger partial charge in [-0.2, -0.15) is 5.10 Å². The fourth-order valence-electron chi connectivity index (χ4n) is 1.80. The zero-order chi connectivity index (χ0) is 9.97. The highest BCUT2D eigenvalue weighted by atomic mass is 15.3. The Morgan fingerprint density at radius 3 is 3.21 bits per heavy atom. The van der Waals surface area contributed by atoms with E-state index < -0.39 is 0 Å². The predicted molar refractivity (Wildman–Crippen MR) is 56.2 cm³/mol. The highest BCUT2D eigenvalue weighted by Crippen LogP contribution is 2.12. The maximum absolute atomic E-state index is 4.42.